The van der Waals surface area contributed by atoms with Crippen LogP contribution in [0, 0.1) is 5.41 Å². The van der Waals surface area contributed by atoms with Crippen LogP contribution in [0.3, 0.4) is 0 Å². The van der Waals surface area contributed by atoms with Crippen LogP contribution in [0.5, 0.6) is 0 Å². The van der Waals surface area contributed by atoms with Crippen LogP contribution in [-0.2, 0) is 9.53 Å². The van der Waals surface area contributed by atoms with E-state index in [1.54, 1.807) is 0 Å². The molecule has 0 unspecified atom stereocenters. The number of rotatable bonds is 9. The molecule has 2 heteroatoms. The number of hydrogen-bond donors (Lipinski definition) is 0. The van der Waals surface area contributed by atoms with Gasteiger partial charge < -0.3 is 4.74 Å². The summed E-state index contributed by atoms with van der Waals surface area (Å²) >= 11 is 0. The average Bonchev–Trinajstić information content (AvgIpc) is 2.46. The summed E-state index contributed by atoms with van der Waals surface area (Å²) in [5, 5.41) is 0. The van der Waals surface area contributed by atoms with Gasteiger partial charge in [-0.1, -0.05) is 64.9 Å². The fraction of sp³-hybridized carbons (Fsp3) is 0.824. The normalized spacial score (nSPS) is 17.9. The van der Waals surface area contributed by atoms with E-state index in [1.807, 2.05) is 0 Å². The third-order valence-corrected chi connectivity index (χ3v) is 4.41. The van der Waals surface area contributed by atoms with Crippen molar-refractivity contribution in [3.05, 3.63) is 12.7 Å². The van der Waals surface area contributed by atoms with Crippen LogP contribution in [0.1, 0.15) is 77.6 Å². The zero-order chi connectivity index (χ0) is 14.0. The van der Waals surface area contributed by atoms with Gasteiger partial charge in [-0.15, -0.1) is 0 Å². The first-order chi connectivity index (χ1) is 9.22. The molecule has 0 amide bonds. The molecule has 0 aliphatic heterocycles. The van der Waals surface area contributed by atoms with Gasteiger partial charge in [-0.05, 0) is 19.3 Å². The fourth-order valence-electron chi connectivity index (χ4n) is 3.15. The van der Waals surface area contributed by atoms with Gasteiger partial charge in [0, 0.05) is 11.5 Å². The van der Waals surface area contributed by atoms with Crippen molar-refractivity contribution in [2.24, 2.45) is 5.41 Å². The summed E-state index contributed by atoms with van der Waals surface area (Å²) in [5.74, 6) is -0.268. The minimum atomic E-state index is -0.268. The Morgan fingerprint density at radius 3 is 2.47 bits per heavy atom. The van der Waals surface area contributed by atoms with Gasteiger partial charge in [0.25, 0.3) is 0 Å². The second-order valence-electron chi connectivity index (χ2n) is 6.04. The molecule has 1 aliphatic carbocycles. The molecular formula is C17H30O2. The molecule has 0 radical (unpaired) electrons. The van der Waals surface area contributed by atoms with E-state index >= 15 is 0 Å². The van der Waals surface area contributed by atoms with Gasteiger partial charge in [-0.2, -0.15) is 0 Å². The number of esters is 1. The fourth-order valence-corrected chi connectivity index (χ4v) is 3.15. The third kappa shape index (κ3) is 6.26. The van der Waals surface area contributed by atoms with E-state index in [1.165, 1.54) is 76.7 Å². The standard InChI is InChI=1S/C17H30O2/c1-3-5-6-7-9-12-17(13-10-8-11-14-17)15-19-16(18)4-2/h4H,2-3,5-15H2,1H3. The Bertz CT molecular complexity index is 264. The number of carbonyl (C=O) groups is 1. The summed E-state index contributed by atoms with van der Waals surface area (Å²) in [6.07, 6.45) is 15.5. The molecule has 0 spiro atoms. The van der Waals surface area contributed by atoms with E-state index in [-0.39, 0.29) is 11.4 Å². The van der Waals surface area contributed by atoms with Gasteiger partial charge in [0.15, 0.2) is 0 Å². The van der Waals surface area contributed by atoms with Crippen LogP contribution in [0.15, 0.2) is 12.7 Å². The molecule has 0 atom stereocenters. The molecule has 1 fully saturated rings. The van der Waals surface area contributed by atoms with Crippen molar-refractivity contribution >= 4 is 5.97 Å². The molecule has 1 saturated carbocycles. The van der Waals surface area contributed by atoms with Crippen molar-refractivity contribution in [1.29, 1.82) is 0 Å². The smallest absolute Gasteiger partial charge is 0.330 e. The highest BCUT2D eigenvalue weighted by atomic mass is 16.5. The highest BCUT2D eigenvalue weighted by Gasteiger charge is 2.32. The summed E-state index contributed by atoms with van der Waals surface area (Å²) in [4.78, 5) is 11.3. The summed E-state index contributed by atoms with van der Waals surface area (Å²) < 4.78 is 5.36. The van der Waals surface area contributed by atoms with Crippen LogP contribution in [0.4, 0.5) is 0 Å². The molecule has 0 N–H and O–H groups in total. The van der Waals surface area contributed by atoms with Crippen molar-refractivity contribution in [3.63, 3.8) is 0 Å². The quantitative estimate of drug-likeness (QED) is 0.332. The van der Waals surface area contributed by atoms with Crippen molar-refractivity contribution in [1.82, 2.24) is 0 Å². The Morgan fingerprint density at radius 2 is 1.84 bits per heavy atom. The van der Waals surface area contributed by atoms with Gasteiger partial charge in [0.2, 0.25) is 0 Å². The predicted octanol–water partition coefficient (Wildman–Crippen LogP) is 5.03. The molecule has 1 aliphatic rings. The van der Waals surface area contributed by atoms with Gasteiger partial charge in [-0.3, -0.25) is 0 Å². The van der Waals surface area contributed by atoms with Gasteiger partial charge in [0.1, 0.15) is 0 Å². The van der Waals surface area contributed by atoms with E-state index in [0.29, 0.717) is 6.61 Å². The first-order valence-electron chi connectivity index (χ1n) is 8.02. The topological polar surface area (TPSA) is 26.3 Å². The summed E-state index contributed by atoms with van der Waals surface area (Å²) in [7, 11) is 0. The number of hydrogen-bond acceptors (Lipinski definition) is 2. The van der Waals surface area contributed by atoms with E-state index in [9.17, 15) is 4.79 Å². The molecule has 2 nitrogen and oxygen atoms in total. The monoisotopic (exact) mass is 266 g/mol. The largest absolute Gasteiger partial charge is 0.462 e. The highest BCUT2D eigenvalue weighted by Crippen LogP contribution is 2.41. The number of unbranched alkanes of at least 4 members (excludes halogenated alkanes) is 4. The lowest BCUT2D eigenvalue weighted by molar-refractivity contribution is -0.142. The summed E-state index contributed by atoms with van der Waals surface area (Å²) in [5.41, 5.74) is 0.267. The SMILES string of the molecule is C=CC(=O)OCC1(CCCCCCC)CCCCC1. The Labute approximate surface area is 118 Å². The minimum absolute atomic E-state index is 0.267. The maximum absolute atomic E-state index is 11.3. The number of carbonyl (C=O) groups excluding carboxylic acids is 1. The van der Waals surface area contributed by atoms with Crippen LogP contribution in [0.2, 0.25) is 0 Å². The van der Waals surface area contributed by atoms with Crippen molar-refractivity contribution in [2.45, 2.75) is 77.6 Å². The first kappa shape index (κ1) is 16.3. The second kappa shape index (κ2) is 9.17. The zero-order valence-electron chi connectivity index (χ0n) is 12.6. The van der Waals surface area contributed by atoms with Crippen molar-refractivity contribution in [2.75, 3.05) is 6.61 Å². The summed E-state index contributed by atoms with van der Waals surface area (Å²) in [6, 6.07) is 0. The molecule has 1 rings (SSSR count). The average molecular weight is 266 g/mol. The van der Waals surface area contributed by atoms with Gasteiger partial charge in [0.05, 0.1) is 6.61 Å². The Balaban J connectivity index is 2.36. The van der Waals surface area contributed by atoms with Crippen molar-refractivity contribution < 1.29 is 9.53 Å². The minimum Gasteiger partial charge on any atom is -0.462 e. The second-order valence-corrected chi connectivity index (χ2v) is 6.04. The Hall–Kier alpha value is -0.790. The maximum atomic E-state index is 11.3. The zero-order valence-corrected chi connectivity index (χ0v) is 12.6. The van der Waals surface area contributed by atoms with E-state index in [0.717, 1.165) is 0 Å². The first-order valence-corrected chi connectivity index (χ1v) is 8.02. The molecule has 19 heavy (non-hydrogen) atoms. The van der Waals surface area contributed by atoms with Crippen LogP contribution < -0.4 is 0 Å². The molecular weight excluding hydrogens is 236 g/mol. The van der Waals surface area contributed by atoms with Crippen LogP contribution >= 0.6 is 0 Å². The molecule has 0 saturated heterocycles. The van der Waals surface area contributed by atoms with E-state index in [2.05, 4.69) is 13.5 Å². The summed E-state index contributed by atoms with van der Waals surface area (Å²) in [6.45, 7) is 6.32. The molecule has 0 aromatic rings. The molecule has 0 heterocycles. The van der Waals surface area contributed by atoms with Crippen molar-refractivity contribution in [3.8, 4) is 0 Å². The maximum Gasteiger partial charge on any atom is 0.330 e. The molecule has 0 bridgehead atoms. The van der Waals surface area contributed by atoms with Crippen LogP contribution in [0.25, 0.3) is 0 Å². The van der Waals surface area contributed by atoms with E-state index in [4.69, 9.17) is 4.74 Å². The third-order valence-electron chi connectivity index (χ3n) is 4.41. The van der Waals surface area contributed by atoms with Gasteiger partial charge >= 0.3 is 5.97 Å². The highest BCUT2D eigenvalue weighted by molar-refractivity contribution is 5.81. The predicted molar refractivity (Wildman–Crippen MR) is 80.1 cm³/mol. The lowest BCUT2D eigenvalue weighted by atomic mass is 9.71. The lowest BCUT2D eigenvalue weighted by Crippen LogP contribution is -2.30. The molecule has 110 valence electrons. The molecule has 0 aromatic heterocycles. The molecule has 0 aromatic carbocycles. The lowest BCUT2D eigenvalue weighted by Gasteiger charge is -2.36. The van der Waals surface area contributed by atoms with E-state index < -0.39 is 0 Å². The van der Waals surface area contributed by atoms with Crippen LogP contribution in [-0.4, -0.2) is 12.6 Å². The Kier molecular flexibility index (Phi) is 7.85. The van der Waals surface area contributed by atoms with Gasteiger partial charge in [-0.25, -0.2) is 4.79 Å². The number of ether oxygens (including phenoxy) is 1. The Morgan fingerprint density at radius 1 is 1.16 bits per heavy atom.